The number of aliphatic imine (C=N–C) groups is 1. The fourth-order valence-electron chi connectivity index (χ4n) is 3.96. The van der Waals surface area contributed by atoms with E-state index in [1.807, 2.05) is 23.2 Å². The number of carbonyl (C=O) groups is 1. The summed E-state index contributed by atoms with van der Waals surface area (Å²) < 4.78 is 0. The van der Waals surface area contributed by atoms with E-state index in [2.05, 4.69) is 27.0 Å². The highest BCUT2D eigenvalue weighted by molar-refractivity contribution is 8.15. The molecule has 0 N–H and O–H groups in total. The SMILES string of the molecule is O=C1C2SC(c3ccc(N4CCCC4)nc3)=NC2CCN1c1cccnc1. The monoisotopic (exact) mass is 379 g/mol. The predicted molar refractivity (Wildman–Crippen MR) is 109 cm³/mol. The summed E-state index contributed by atoms with van der Waals surface area (Å²) in [4.78, 5) is 30.8. The molecule has 0 spiro atoms. The van der Waals surface area contributed by atoms with Gasteiger partial charge >= 0.3 is 0 Å². The number of carbonyl (C=O) groups excluding carboxylic acids is 1. The van der Waals surface area contributed by atoms with Gasteiger partial charge in [-0.15, -0.1) is 0 Å². The lowest BCUT2D eigenvalue weighted by atomic mass is 10.0. The van der Waals surface area contributed by atoms with E-state index in [4.69, 9.17) is 4.99 Å². The Kier molecular flexibility index (Phi) is 4.32. The second-order valence-electron chi connectivity index (χ2n) is 7.13. The van der Waals surface area contributed by atoms with Crippen molar-refractivity contribution in [2.24, 2.45) is 4.99 Å². The smallest absolute Gasteiger partial charge is 0.242 e. The Hall–Kier alpha value is -2.41. The van der Waals surface area contributed by atoms with Gasteiger partial charge in [-0.05, 0) is 43.5 Å². The van der Waals surface area contributed by atoms with Gasteiger partial charge in [-0.3, -0.25) is 14.8 Å². The van der Waals surface area contributed by atoms with Gasteiger partial charge in [-0.2, -0.15) is 0 Å². The Morgan fingerprint density at radius 3 is 2.70 bits per heavy atom. The molecule has 6 nitrogen and oxygen atoms in total. The van der Waals surface area contributed by atoms with Crippen molar-refractivity contribution in [3.8, 4) is 0 Å². The maximum atomic E-state index is 13.0. The molecule has 27 heavy (non-hydrogen) atoms. The van der Waals surface area contributed by atoms with Gasteiger partial charge in [-0.1, -0.05) is 11.8 Å². The maximum Gasteiger partial charge on any atom is 0.242 e. The highest BCUT2D eigenvalue weighted by Crippen LogP contribution is 2.37. The van der Waals surface area contributed by atoms with Crippen LogP contribution in [0.1, 0.15) is 24.8 Å². The maximum absolute atomic E-state index is 13.0. The molecule has 3 aliphatic rings. The Bertz CT molecular complexity index is 864. The average Bonchev–Trinajstić information content (AvgIpc) is 3.40. The van der Waals surface area contributed by atoms with Crippen molar-refractivity contribution < 1.29 is 4.79 Å². The van der Waals surface area contributed by atoms with Crippen molar-refractivity contribution >= 4 is 34.2 Å². The standard InChI is InChI=1S/C20H21N5OS/c26-20-18-16(7-11-25(20)15-4-3-8-21-13-15)23-19(27-18)14-5-6-17(22-12-14)24-9-1-2-10-24/h3-6,8,12-13,16,18H,1-2,7,9-11H2. The van der Waals surface area contributed by atoms with Gasteiger partial charge in [0.15, 0.2) is 0 Å². The molecular formula is C20H21N5OS. The first-order valence-electron chi connectivity index (χ1n) is 9.47. The minimum Gasteiger partial charge on any atom is -0.357 e. The van der Waals surface area contributed by atoms with E-state index in [1.54, 1.807) is 24.2 Å². The number of anilines is 2. The van der Waals surface area contributed by atoms with Crippen molar-refractivity contribution in [3.63, 3.8) is 0 Å². The molecule has 7 heteroatoms. The van der Waals surface area contributed by atoms with Crippen molar-refractivity contribution in [2.45, 2.75) is 30.6 Å². The molecule has 2 fully saturated rings. The summed E-state index contributed by atoms with van der Waals surface area (Å²) in [7, 11) is 0. The normalized spacial score (nSPS) is 24.9. The second kappa shape index (κ2) is 6.96. The summed E-state index contributed by atoms with van der Waals surface area (Å²) >= 11 is 1.58. The molecule has 2 unspecified atom stereocenters. The molecule has 5 rings (SSSR count). The number of piperidine rings is 1. The Morgan fingerprint density at radius 2 is 1.96 bits per heavy atom. The highest BCUT2D eigenvalue weighted by atomic mass is 32.2. The molecule has 2 saturated heterocycles. The summed E-state index contributed by atoms with van der Waals surface area (Å²) in [6.45, 7) is 2.87. The van der Waals surface area contributed by atoms with Crippen LogP contribution < -0.4 is 9.80 Å². The van der Waals surface area contributed by atoms with Gasteiger partial charge in [-0.25, -0.2) is 4.98 Å². The molecule has 0 aliphatic carbocycles. The molecule has 2 atom stereocenters. The molecular weight excluding hydrogens is 358 g/mol. The molecule has 1 amide bonds. The summed E-state index contributed by atoms with van der Waals surface area (Å²) in [5, 5.41) is 0.791. The van der Waals surface area contributed by atoms with Crippen molar-refractivity contribution in [1.82, 2.24) is 9.97 Å². The van der Waals surface area contributed by atoms with Crippen LogP contribution >= 0.6 is 11.8 Å². The third-order valence-electron chi connectivity index (χ3n) is 5.41. The molecule has 138 valence electrons. The van der Waals surface area contributed by atoms with E-state index in [0.717, 1.165) is 41.6 Å². The van der Waals surface area contributed by atoms with Gasteiger partial charge in [0.2, 0.25) is 5.91 Å². The third-order valence-corrected chi connectivity index (χ3v) is 6.75. The molecule has 5 heterocycles. The largest absolute Gasteiger partial charge is 0.357 e. The first-order valence-corrected chi connectivity index (χ1v) is 10.3. The Balaban J connectivity index is 1.32. The van der Waals surface area contributed by atoms with Crippen LogP contribution in [0.25, 0.3) is 0 Å². The van der Waals surface area contributed by atoms with E-state index in [1.165, 1.54) is 12.8 Å². The van der Waals surface area contributed by atoms with Gasteiger partial charge in [0, 0.05) is 37.6 Å². The van der Waals surface area contributed by atoms with E-state index < -0.39 is 0 Å². The summed E-state index contributed by atoms with van der Waals surface area (Å²) in [6, 6.07) is 8.03. The van der Waals surface area contributed by atoms with Gasteiger partial charge in [0.1, 0.15) is 16.1 Å². The van der Waals surface area contributed by atoms with E-state index >= 15 is 0 Å². The number of hydrogen-bond donors (Lipinski definition) is 0. The van der Waals surface area contributed by atoms with Crippen molar-refractivity contribution in [3.05, 3.63) is 48.4 Å². The lowest BCUT2D eigenvalue weighted by molar-refractivity contribution is -0.119. The molecule has 2 aromatic heterocycles. The zero-order chi connectivity index (χ0) is 18.2. The first-order chi connectivity index (χ1) is 13.3. The van der Waals surface area contributed by atoms with Crippen LogP contribution in [0.5, 0.6) is 0 Å². The van der Waals surface area contributed by atoms with Gasteiger partial charge in [0.25, 0.3) is 0 Å². The quantitative estimate of drug-likeness (QED) is 0.821. The minimum absolute atomic E-state index is 0.0590. The van der Waals surface area contributed by atoms with E-state index in [-0.39, 0.29) is 17.2 Å². The highest BCUT2D eigenvalue weighted by Gasteiger charge is 2.42. The molecule has 0 bridgehead atoms. The number of hydrogen-bond acceptors (Lipinski definition) is 6. The van der Waals surface area contributed by atoms with Crippen LogP contribution in [-0.4, -0.2) is 51.8 Å². The van der Waals surface area contributed by atoms with Crippen LogP contribution in [-0.2, 0) is 4.79 Å². The summed E-state index contributed by atoms with van der Waals surface area (Å²) in [5.41, 5.74) is 1.88. The molecule has 3 aliphatic heterocycles. The summed E-state index contributed by atoms with van der Waals surface area (Å²) in [5.74, 6) is 1.17. The van der Waals surface area contributed by atoms with E-state index in [9.17, 15) is 4.79 Å². The van der Waals surface area contributed by atoms with Crippen LogP contribution in [0.2, 0.25) is 0 Å². The summed E-state index contributed by atoms with van der Waals surface area (Å²) in [6.07, 6.45) is 8.74. The Labute approximate surface area is 162 Å². The second-order valence-corrected chi connectivity index (χ2v) is 8.26. The fraction of sp³-hybridized carbons (Fsp3) is 0.400. The lowest BCUT2D eigenvalue weighted by Crippen LogP contribution is -2.48. The predicted octanol–water partition coefficient (Wildman–Crippen LogP) is 2.74. The van der Waals surface area contributed by atoms with Crippen LogP contribution in [0.4, 0.5) is 11.5 Å². The Morgan fingerprint density at radius 1 is 1.07 bits per heavy atom. The lowest BCUT2D eigenvalue weighted by Gasteiger charge is -2.32. The number of nitrogens with zero attached hydrogens (tertiary/aromatic N) is 5. The van der Waals surface area contributed by atoms with Gasteiger partial charge < -0.3 is 9.80 Å². The number of amides is 1. The minimum atomic E-state index is -0.146. The zero-order valence-corrected chi connectivity index (χ0v) is 15.8. The first kappa shape index (κ1) is 16.7. The molecule has 2 aromatic rings. The van der Waals surface area contributed by atoms with Crippen molar-refractivity contribution in [1.29, 1.82) is 0 Å². The number of thioether (sulfide) groups is 1. The molecule has 0 radical (unpaired) electrons. The van der Waals surface area contributed by atoms with Crippen LogP contribution in [0, 0.1) is 0 Å². The number of fused-ring (bicyclic) bond motifs is 1. The number of aromatic nitrogens is 2. The van der Waals surface area contributed by atoms with Gasteiger partial charge in [0.05, 0.1) is 17.9 Å². The zero-order valence-electron chi connectivity index (χ0n) is 15.0. The van der Waals surface area contributed by atoms with E-state index in [0.29, 0.717) is 6.54 Å². The van der Waals surface area contributed by atoms with Crippen molar-refractivity contribution in [2.75, 3.05) is 29.4 Å². The van der Waals surface area contributed by atoms with Crippen LogP contribution in [0.15, 0.2) is 47.8 Å². The molecule has 0 aromatic carbocycles. The topological polar surface area (TPSA) is 61.7 Å². The fourth-order valence-corrected chi connectivity index (χ4v) is 5.24. The number of pyridine rings is 2. The average molecular weight is 379 g/mol. The number of rotatable bonds is 3. The molecule has 0 saturated carbocycles. The third kappa shape index (κ3) is 3.10. The van der Waals surface area contributed by atoms with Crippen LogP contribution in [0.3, 0.4) is 0 Å².